The lowest BCUT2D eigenvalue weighted by molar-refractivity contribution is 0.573. The van der Waals surface area contributed by atoms with Gasteiger partial charge >= 0.3 is 0 Å². The maximum absolute atomic E-state index is 9.95. The van der Waals surface area contributed by atoms with Crippen LogP contribution in [0.1, 0.15) is 42.0 Å². The van der Waals surface area contributed by atoms with E-state index < -0.39 is 0 Å². The summed E-state index contributed by atoms with van der Waals surface area (Å²) in [6, 6.07) is 8.20. The highest BCUT2D eigenvalue weighted by Crippen LogP contribution is 2.38. The number of rotatable bonds is 6. The molecule has 10 heteroatoms. The number of hydrogen-bond donors (Lipinski definition) is 2. The van der Waals surface area contributed by atoms with Gasteiger partial charge in [-0.1, -0.05) is 6.07 Å². The number of nitrogens with zero attached hydrogens (tertiary/aromatic N) is 8. The quantitative estimate of drug-likeness (QED) is 0.437. The van der Waals surface area contributed by atoms with E-state index in [0.717, 1.165) is 49.4 Å². The van der Waals surface area contributed by atoms with Crippen molar-refractivity contribution in [2.24, 2.45) is 10.2 Å². The Bertz CT molecular complexity index is 1210. The molecule has 0 unspecified atom stereocenters. The number of piperidine rings is 1. The Hall–Kier alpha value is -3.84. The molecule has 0 aliphatic carbocycles. The molecule has 0 spiro atoms. The largest absolute Gasteiger partial charge is 0.371 e. The van der Waals surface area contributed by atoms with Crippen LogP contribution < -0.4 is 15.5 Å². The fourth-order valence-electron chi connectivity index (χ4n) is 4.17. The van der Waals surface area contributed by atoms with E-state index in [0.29, 0.717) is 28.7 Å². The van der Waals surface area contributed by atoms with Crippen molar-refractivity contribution in [1.29, 1.82) is 5.26 Å². The number of azo groups is 1. The molecule has 5 rings (SSSR count). The van der Waals surface area contributed by atoms with Crippen molar-refractivity contribution in [3.05, 3.63) is 47.3 Å². The molecule has 33 heavy (non-hydrogen) atoms. The number of nitriles is 1. The third-order valence-corrected chi connectivity index (χ3v) is 6.07. The van der Waals surface area contributed by atoms with Crippen molar-refractivity contribution in [2.45, 2.75) is 32.2 Å². The molecular formula is C23H26N10. The molecule has 2 saturated heterocycles. The van der Waals surface area contributed by atoms with Crippen molar-refractivity contribution < 1.29 is 0 Å². The van der Waals surface area contributed by atoms with Crippen molar-refractivity contribution in [1.82, 2.24) is 25.1 Å². The molecule has 1 atom stereocenters. The van der Waals surface area contributed by atoms with E-state index in [1.807, 2.05) is 32.2 Å². The van der Waals surface area contributed by atoms with Gasteiger partial charge in [0.2, 0.25) is 0 Å². The second-order valence-electron chi connectivity index (χ2n) is 8.23. The maximum atomic E-state index is 9.95. The van der Waals surface area contributed by atoms with E-state index in [9.17, 15) is 5.26 Å². The van der Waals surface area contributed by atoms with Gasteiger partial charge < -0.3 is 15.5 Å². The zero-order valence-electron chi connectivity index (χ0n) is 18.8. The van der Waals surface area contributed by atoms with Crippen LogP contribution in [-0.4, -0.2) is 46.4 Å². The lowest BCUT2D eigenvalue weighted by Crippen LogP contribution is -2.31. The summed E-state index contributed by atoms with van der Waals surface area (Å²) in [5, 5.41) is 30.1. The van der Waals surface area contributed by atoms with Crippen molar-refractivity contribution in [3.63, 3.8) is 0 Å². The highest BCUT2D eigenvalue weighted by Gasteiger charge is 2.29. The molecule has 168 valence electrons. The molecule has 0 radical (unpaired) electrons. The molecule has 2 N–H and O–H groups in total. The predicted molar refractivity (Wildman–Crippen MR) is 126 cm³/mol. The monoisotopic (exact) mass is 442 g/mol. The number of hydrogen-bond acceptors (Lipinski definition) is 9. The zero-order valence-corrected chi connectivity index (χ0v) is 18.8. The first-order chi connectivity index (χ1) is 16.2. The summed E-state index contributed by atoms with van der Waals surface area (Å²) in [6.45, 7) is 4.60. The predicted octanol–water partition coefficient (Wildman–Crippen LogP) is 3.93. The molecule has 2 fully saturated rings. The van der Waals surface area contributed by atoms with Crippen LogP contribution in [0.5, 0.6) is 0 Å². The summed E-state index contributed by atoms with van der Waals surface area (Å²) in [5.74, 6) is 2.61. The minimum Gasteiger partial charge on any atom is -0.371 e. The first kappa shape index (κ1) is 21.0. The summed E-state index contributed by atoms with van der Waals surface area (Å²) < 4.78 is 1.69. The highest BCUT2D eigenvalue weighted by atomic mass is 15.4. The smallest absolute Gasteiger partial charge is 0.184 e. The van der Waals surface area contributed by atoms with E-state index >= 15 is 0 Å². The Morgan fingerprint density at radius 3 is 2.70 bits per heavy atom. The van der Waals surface area contributed by atoms with Gasteiger partial charge in [0, 0.05) is 44.0 Å². The molecule has 3 aromatic rings. The summed E-state index contributed by atoms with van der Waals surface area (Å²) in [6.07, 6.45) is 6.95. The summed E-state index contributed by atoms with van der Waals surface area (Å²) in [5.41, 5.74) is 2.83. The highest BCUT2D eigenvalue weighted by molar-refractivity contribution is 5.74. The zero-order chi connectivity index (χ0) is 22.8. The lowest BCUT2D eigenvalue weighted by Gasteiger charge is -2.29. The summed E-state index contributed by atoms with van der Waals surface area (Å²) in [4.78, 5) is 11.4. The van der Waals surface area contributed by atoms with Gasteiger partial charge in [0.15, 0.2) is 17.5 Å². The van der Waals surface area contributed by atoms with Gasteiger partial charge in [0.1, 0.15) is 17.6 Å². The molecule has 3 aromatic heterocycles. The summed E-state index contributed by atoms with van der Waals surface area (Å²) in [7, 11) is 1.81. The molecular weight excluding hydrogens is 416 g/mol. The molecule has 10 nitrogen and oxygen atoms in total. The van der Waals surface area contributed by atoms with Crippen LogP contribution in [-0.2, 0) is 0 Å². The number of aromatic nitrogens is 4. The number of anilines is 2. The van der Waals surface area contributed by atoms with Crippen LogP contribution in [0, 0.1) is 18.3 Å². The second kappa shape index (κ2) is 8.96. The standard InChI is InChI=1S/C23H26N10/c1-15-16(12-24)22(32-10-6-3-7-11-32)29-21(25-2)20(15)30-31-23-17(18-14-27-18)13-28-33(23)19-8-4-5-9-26-19/h4-5,8-9,13,18,27H,3,6-7,10-11,14H2,1-2H3,(H,25,29)/t18-/m1/s1. The molecule has 0 aromatic carbocycles. The Morgan fingerprint density at radius 1 is 1.21 bits per heavy atom. The lowest BCUT2D eigenvalue weighted by atomic mass is 10.1. The average molecular weight is 443 g/mol. The van der Waals surface area contributed by atoms with E-state index in [2.05, 4.69) is 41.9 Å². The molecule has 5 heterocycles. The van der Waals surface area contributed by atoms with Crippen LogP contribution in [0.15, 0.2) is 40.8 Å². The molecule has 2 aliphatic heterocycles. The van der Waals surface area contributed by atoms with Crippen molar-refractivity contribution in [2.75, 3.05) is 36.9 Å². The molecule has 0 bridgehead atoms. The third-order valence-electron chi connectivity index (χ3n) is 6.07. The minimum atomic E-state index is 0.204. The van der Waals surface area contributed by atoms with E-state index in [-0.39, 0.29) is 6.04 Å². The van der Waals surface area contributed by atoms with E-state index in [1.54, 1.807) is 17.1 Å². The maximum Gasteiger partial charge on any atom is 0.184 e. The number of nitrogens with one attached hydrogen (secondary N) is 2. The Balaban J connectivity index is 1.58. The first-order valence-corrected chi connectivity index (χ1v) is 11.2. The van der Waals surface area contributed by atoms with Crippen LogP contribution in [0.4, 0.5) is 23.1 Å². The first-order valence-electron chi connectivity index (χ1n) is 11.2. The van der Waals surface area contributed by atoms with Crippen molar-refractivity contribution in [3.8, 4) is 11.9 Å². The van der Waals surface area contributed by atoms with Gasteiger partial charge in [0.25, 0.3) is 0 Å². The van der Waals surface area contributed by atoms with Gasteiger partial charge in [-0.05, 0) is 38.3 Å². The normalized spacial score (nSPS) is 17.8. The average Bonchev–Trinajstić information content (AvgIpc) is 3.63. The van der Waals surface area contributed by atoms with Gasteiger partial charge in [-0.3, -0.25) is 0 Å². The van der Waals surface area contributed by atoms with Gasteiger partial charge in [-0.2, -0.15) is 15.0 Å². The van der Waals surface area contributed by atoms with Gasteiger partial charge in [0.05, 0.1) is 17.8 Å². The SMILES string of the molecule is CNc1nc(N2CCCCC2)c(C#N)c(C)c1N=Nc1c([C@H]2CN2)cnn1-c1ccccn1. The molecule has 0 amide bonds. The Kier molecular flexibility index (Phi) is 5.71. The van der Waals surface area contributed by atoms with Crippen LogP contribution >= 0.6 is 0 Å². The summed E-state index contributed by atoms with van der Waals surface area (Å²) >= 11 is 0. The van der Waals surface area contributed by atoms with Crippen LogP contribution in [0.25, 0.3) is 5.82 Å². The van der Waals surface area contributed by atoms with E-state index in [4.69, 9.17) is 4.98 Å². The number of pyridine rings is 2. The van der Waals surface area contributed by atoms with Crippen LogP contribution in [0.3, 0.4) is 0 Å². The van der Waals surface area contributed by atoms with Gasteiger partial charge in [-0.25, -0.2) is 9.97 Å². The second-order valence-corrected chi connectivity index (χ2v) is 8.23. The Labute approximate surface area is 192 Å². The topological polar surface area (TPSA) is 129 Å². The van der Waals surface area contributed by atoms with Crippen LogP contribution in [0.2, 0.25) is 0 Å². The molecule has 2 aliphatic rings. The third kappa shape index (κ3) is 4.03. The Morgan fingerprint density at radius 2 is 2.03 bits per heavy atom. The fourth-order valence-corrected chi connectivity index (χ4v) is 4.17. The molecule has 0 saturated carbocycles. The van der Waals surface area contributed by atoms with Gasteiger partial charge in [-0.15, -0.1) is 10.2 Å². The van der Waals surface area contributed by atoms with E-state index in [1.165, 1.54) is 6.42 Å². The fraction of sp³-hybridized carbons (Fsp3) is 0.391. The van der Waals surface area contributed by atoms with Crippen molar-refractivity contribution >= 4 is 23.1 Å². The minimum absolute atomic E-state index is 0.204.